The first-order valence-corrected chi connectivity index (χ1v) is 35.6. The molecule has 4 aliphatic rings. The van der Waals surface area contributed by atoms with Crippen LogP contribution in [0.25, 0.3) is 0 Å². The Kier molecular flexibility index (Phi) is 42.2. The number of quaternary nitrogens is 1. The standard InChI is InChI=1S/C64H96N4O18.2C5H9NO4/c1-40-18-16-14-12-10-8-6-7-9-11-13-15-17-19-52(84-63-60(80)58(65)59(79)42(3)83-63)37-55-57(62(81)68-28-26-67(5)27-29-68)54(77)39-64(82,86-55)38-51(75)34-49(73)32-47(71)30-46(70)31-48(72)33-50(74)36-56(78)85-61(40)41(2)20-25-45(69)35-53(76)43-21-23-44(66-4)24-22-43;2*1-6-3(5(9)10)2-4(7)8/h6-19,21-24,40-42,45-47,49-52,54-55,57-61,63,66,69-71,73-75,77,79-80,82H,20,25-39,65H2,1-5H3;2*3,6H,2H2,1H3,(H,7,8)(H,9,10)/p+1/b7-6+,10-8+,11-9+,14-12+,15-13+,18-16-,19-17+;;/t40?,41?,42-,45?,46?,47?,49?,50?,51?,52?,54?,55?,57?,58+,59-,60+,61?,63+,64?;;/m1../s1. The van der Waals surface area contributed by atoms with E-state index in [1.807, 2.05) is 45.2 Å². The van der Waals surface area contributed by atoms with E-state index in [0.717, 1.165) is 5.69 Å². The zero-order chi connectivity index (χ0) is 79.4. The van der Waals surface area contributed by atoms with E-state index in [-0.39, 0.29) is 49.7 Å². The summed E-state index contributed by atoms with van der Waals surface area (Å²) in [6, 6.07) is 4.07. The van der Waals surface area contributed by atoms with E-state index in [1.165, 1.54) is 14.1 Å². The molecule has 0 aliphatic carbocycles. The first-order chi connectivity index (χ1) is 50.0. The van der Waals surface area contributed by atoms with Gasteiger partial charge in [-0.3, -0.25) is 38.4 Å². The Bertz CT molecular complexity index is 3070. The molecule has 21 atom stereocenters. The molecular formula is C74H115N6O26+. The molecule has 2 bridgehead atoms. The summed E-state index contributed by atoms with van der Waals surface area (Å²) < 4.78 is 24.6. The van der Waals surface area contributed by atoms with Gasteiger partial charge in [0.25, 0.3) is 0 Å². The number of amides is 1. The number of aliphatic hydroxyl groups is 10. The Morgan fingerprint density at radius 3 is 1.63 bits per heavy atom. The number of carbonyl (C=O) groups excluding carboxylic acids is 4. The van der Waals surface area contributed by atoms with Crippen LogP contribution in [-0.4, -0.2) is 293 Å². The first kappa shape index (κ1) is 92.9. The minimum absolute atomic E-state index is 0.0998. The maximum atomic E-state index is 14.4. The number of ether oxygens (including phenoxy) is 4. The Hall–Kier alpha value is -7.32. The number of piperazine rings is 1. The summed E-state index contributed by atoms with van der Waals surface area (Å²) in [5.41, 5.74) is 5.23. The lowest BCUT2D eigenvalue weighted by molar-refractivity contribution is -0.488. The van der Waals surface area contributed by atoms with Crippen molar-refractivity contribution < 1.29 is 135 Å². The predicted octanol–water partition coefficient (Wildman–Crippen LogP) is -0.0141. The minimum Gasteiger partial charge on any atom is -0.481 e. The van der Waals surface area contributed by atoms with Gasteiger partial charge in [-0.2, -0.15) is 0 Å². The number of Topliss-reactive ketones (excluding diaryl/α,β-unsaturated/α-hetero) is 2. The van der Waals surface area contributed by atoms with Crippen molar-refractivity contribution in [3.05, 3.63) is 115 Å². The van der Waals surface area contributed by atoms with E-state index >= 15 is 0 Å². The molecule has 1 amide bonds. The number of cyclic esters (lactones) is 1. The molecule has 20 N–H and O–H groups in total. The van der Waals surface area contributed by atoms with Crippen LogP contribution < -0.4 is 21.7 Å². The molecule has 3 saturated heterocycles. The third kappa shape index (κ3) is 34.7. The topological polar surface area (TPSA) is 527 Å². The number of likely N-dealkylation sites (N-methyl/N-ethyl adjacent to an activating group) is 3. The van der Waals surface area contributed by atoms with Crippen LogP contribution in [-0.2, 0) is 52.5 Å². The number of rotatable bonds is 19. The largest absolute Gasteiger partial charge is 0.481 e. The molecule has 0 radical (unpaired) electrons. The fraction of sp³-hybridized carbons (Fsp3) is 0.622. The summed E-state index contributed by atoms with van der Waals surface area (Å²) in [6.45, 7) is 7.23. The summed E-state index contributed by atoms with van der Waals surface area (Å²) >= 11 is 0. The van der Waals surface area contributed by atoms with Crippen molar-refractivity contribution in [1.82, 2.24) is 20.4 Å². The Labute approximate surface area is 618 Å². The number of nitrogens with one attached hydrogen (secondary N) is 3. The monoisotopic (exact) mass is 1500 g/mol. The Morgan fingerprint density at radius 1 is 0.632 bits per heavy atom. The van der Waals surface area contributed by atoms with Crippen LogP contribution in [0.3, 0.4) is 0 Å². The van der Waals surface area contributed by atoms with Crippen molar-refractivity contribution in [2.75, 3.05) is 59.7 Å². The number of aliphatic carboxylic acids is 4. The molecule has 32 nitrogen and oxygen atoms in total. The molecule has 1 aromatic rings. The van der Waals surface area contributed by atoms with E-state index < -0.39 is 208 Å². The molecule has 0 spiro atoms. The van der Waals surface area contributed by atoms with Gasteiger partial charge in [0, 0.05) is 88.9 Å². The van der Waals surface area contributed by atoms with E-state index in [0.29, 0.717) is 38.2 Å². The molecule has 106 heavy (non-hydrogen) atoms. The van der Waals surface area contributed by atoms with Crippen molar-refractivity contribution in [2.45, 2.75) is 220 Å². The van der Waals surface area contributed by atoms with E-state index in [4.69, 9.17) is 39.4 Å². The smallest absolute Gasteiger partial charge is 0.321 e. The van der Waals surface area contributed by atoms with Gasteiger partial charge in [-0.25, -0.2) is 0 Å². The fourth-order valence-corrected chi connectivity index (χ4v) is 12.3. The SMILES string of the molecule is CNC(CC(=O)O)C(=O)O.CNC(CC(=O)O)C(=O)O.CNc1ccc(C(=O)CC(O)CCC(C)C2OC(=O)CC(O)CC(=O)CC(O)CC(O)CC(O)CC(O)CC3(O)CC(O)C(C(=O)N4CCN(C)CC4)C(CC(O[C@@H]4O[C@H](C)[C@@H](O)[C@H]([NH3+])[C@@H]4O)/C=C/C=C/C=C/C=C/C=C/C=C/C=C\C2C)O3)cc1. The van der Waals surface area contributed by atoms with Gasteiger partial charge in [0.1, 0.15) is 36.1 Å². The van der Waals surface area contributed by atoms with Crippen molar-refractivity contribution in [3.8, 4) is 0 Å². The fourth-order valence-electron chi connectivity index (χ4n) is 12.3. The molecular weight excluding hydrogens is 1390 g/mol. The van der Waals surface area contributed by atoms with Crippen molar-refractivity contribution in [2.24, 2.45) is 17.8 Å². The summed E-state index contributed by atoms with van der Waals surface area (Å²) in [4.78, 5) is 97.7. The number of carbonyl (C=O) groups is 8. The Balaban J connectivity index is 0.00000127. The van der Waals surface area contributed by atoms with Gasteiger partial charge in [0.05, 0.1) is 86.2 Å². The third-order valence-electron chi connectivity index (χ3n) is 18.3. The second kappa shape index (κ2) is 48.2. The molecule has 4 aliphatic heterocycles. The van der Waals surface area contributed by atoms with Crippen LogP contribution in [0.1, 0.15) is 121 Å². The van der Waals surface area contributed by atoms with E-state index in [2.05, 4.69) is 26.6 Å². The van der Waals surface area contributed by atoms with Crippen LogP contribution >= 0.6 is 0 Å². The highest BCUT2D eigenvalue weighted by molar-refractivity contribution is 5.96. The normalized spacial score (nSPS) is 32.8. The summed E-state index contributed by atoms with van der Waals surface area (Å²) in [5.74, 6) is -10.7. The minimum atomic E-state index is -2.26. The summed E-state index contributed by atoms with van der Waals surface area (Å²) in [7, 11) is 6.51. The lowest BCUT2D eigenvalue weighted by Crippen LogP contribution is -2.78. The molecule has 5 rings (SSSR count). The molecule has 3 fully saturated rings. The molecule has 0 saturated carbocycles. The highest BCUT2D eigenvalue weighted by Gasteiger charge is 2.52. The number of carboxylic acid groups (broad SMARTS) is 4. The lowest BCUT2D eigenvalue weighted by Gasteiger charge is -2.47. The van der Waals surface area contributed by atoms with Crippen molar-refractivity contribution >= 4 is 53.0 Å². The van der Waals surface area contributed by atoms with E-state index in [9.17, 15) is 89.4 Å². The quantitative estimate of drug-likeness (QED) is 0.0639. The number of esters is 1. The van der Waals surface area contributed by atoms with Gasteiger partial charge in [0.15, 0.2) is 24.0 Å². The van der Waals surface area contributed by atoms with Crippen LogP contribution in [0.15, 0.2) is 109 Å². The number of hydrogen-bond donors (Lipinski definition) is 18. The maximum absolute atomic E-state index is 14.4. The number of hydrogen-bond acceptors (Lipinski definition) is 26. The molecule has 0 aromatic heterocycles. The number of fused-ring (bicyclic) bond motifs is 2. The van der Waals surface area contributed by atoms with Crippen LogP contribution in [0.5, 0.6) is 0 Å². The van der Waals surface area contributed by atoms with Gasteiger partial charge in [-0.05, 0) is 90.4 Å². The lowest BCUT2D eigenvalue weighted by atomic mass is 9.81. The van der Waals surface area contributed by atoms with Crippen LogP contribution in [0.2, 0.25) is 0 Å². The Morgan fingerprint density at radius 2 is 1.13 bits per heavy atom. The highest BCUT2D eigenvalue weighted by atomic mass is 16.7. The summed E-state index contributed by atoms with van der Waals surface area (Å²) in [6.07, 6.45) is 3.49. The average molecular weight is 1500 g/mol. The van der Waals surface area contributed by atoms with Crippen molar-refractivity contribution in [1.29, 1.82) is 0 Å². The zero-order valence-electron chi connectivity index (χ0n) is 61.4. The van der Waals surface area contributed by atoms with E-state index in [1.54, 1.807) is 104 Å². The van der Waals surface area contributed by atoms with Gasteiger partial charge in [-0.15, -0.1) is 0 Å². The average Bonchev–Trinajstić information content (AvgIpc) is 0.775. The first-order valence-electron chi connectivity index (χ1n) is 35.6. The second-order valence-corrected chi connectivity index (χ2v) is 27.4. The number of nitrogens with zero attached hydrogens (tertiary/aromatic N) is 2. The maximum Gasteiger partial charge on any atom is 0.321 e. The van der Waals surface area contributed by atoms with Crippen molar-refractivity contribution in [3.63, 3.8) is 0 Å². The van der Waals surface area contributed by atoms with Gasteiger partial charge >= 0.3 is 29.8 Å². The number of carboxylic acids is 4. The number of aliphatic hydroxyl groups excluding tert-OH is 9. The second-order valence-electron chi connectivity index (χ2n) is 27.4. The zero-order valence-corrected chi connectivity index (χ0v) is 61.4. The van der Waals surface area contributed by atoms with Gasteiger partial charge < -0.3 is 122 Å². The molecule has 32 heteroatoms. The van der Waals surface area contributed by atoms with Crippen LogP contribution in [0.4, 0.5) is 5.69 Å². The molecule has 4 heterocycles. The number of anilines is 1. The van der Waals surface area contributed by atoms with Gasteiger partial charge in [-0.1, -0.05) is 98.9 Å². The predicted molar refractivity (Wildman–Crippen MR) is 386 cm³/mol. The molecule has 596 valence electrons. The number of allylic oxidation sites excluding steroid dienone is 12. The van der Waals surface area contributed by atoms with Gasteiger partial charge in [0.2, 0.25) is 5.91 Å². The number of ketones is 2. The number of benzene rings is 1. The molecule has 1 aromatic carbocycles. The highest BCUT2D eigenvalue weighted by Crippen LogP contribution is 2.39. The third-order valence-corrected chi connectivity index (χ3v) is 18.3. The van der Waals surface area contributed by atoms with Crippen LogP contribution in [0, 0.1) is 17.8 Å². The summed E-state index contributed by atoms with van der Waals surface area (Å²) in [5, 5.41) is 152. The molecule has 16 unspecified atom stereocenters.